The van der Waals surface area contributed by atoms with E-state index in [-0.39, 0.29) is 30.8 Å². The summed E-state index contributed by atoms with van der Waals surface area (Å²) in [5.41, 5.74) is 9.23. The maximum absolute atomic E-state index is 13.3. The van der Waals surface area contributed by atoms with Gasteiger partial charge in [-0.05, 0) is 53.4 Å². The van der Waals surface area contributed by atoms with E-state index in [4.69, 9.17) is 5.73 Å². The molecule has 39 heavy (non-hydrogen) atoms. The number of phenolic OH excluding ortho intramolecular Hbond substituents is 2. The van der Waals surface area contributed by atoms with Crippen LogP contribution in [0.1, 0.15) is 16.7 Å². The van der Waals surface area contributed by atoms with E-state index in [0.717, 1.165) is 16.5 Å². The molecule has 1 aromatic heterocycles. The van der Waals surface area contributed by atoms with Crippen LogP contribution in [-0.4, -0.2) is 56.2 Å². The molecule has 202 valence electrons. The zero-order valence-electron chi connectivity index (χ0n) is 21.0. The second kappa shape index (κ2) is 12.1. The fraction of sp³-hybridized carbons (Fsp3) is 0.207. The lowest BCUT2D eigenvalue weighted by Gasteiger charge is -2.23. The third kappa shape index (κ3) is 7.14. The second-order valence-corrected chi connectivity index (χ2v) is 9.37. The zero-order valence-corrected chi connectivity index (χ0v) is 21.0. The average Bonchev–Trinajstić information content (AvgIpc) is 3.32. The number of H-pyrrole nitrogens is 1. The maximum Gasteiger partial charge on any atom is 0.326 e. The van der Waals surface area contributed by atoms with Crippen LogP contribution >= 0.6 is 0 Å². The number of nitrogens with two attached hydrogens (primary N) is 1. The van der Waals surface area contributed by atoms with Gasteiger partial charge in [-0.2, -0.15) is 0 Å². The predicted octanol–water partition coefficient (Wildman–Crippen LogP) is 1.99. The standard InChI is InChI=1S/C29H30N4O6/c30-23(15-19-16-31-24-4-2-1-3-22(19)24)27(36)32-25(13-17-5-9-20(34)10-6-17)28(37)33-26(29(38)39)14-18-7-11-21(35)12-8-18/h1-12,16,23,25-26,31,34-35H,13-15,30H2,(H,32,36)(H,33,37)(H,38,39)/t23-,25-,26-/m0/s1. The molecule has 10 nitrogen and oxygen atoms in total. The predicted molar refractivity (Wildman–Crippen MR) is 145 cm³/mol. The van der Waals surface area contributed by atoms with Gasteiger partial charge >= 0.3 is 5.97 Å². The number of aromatic amines is 1. The zero-order chi connectivity index (χ0) is 27.9. The highest BCUT2D eigenvalue weighted by Crippen LogP contribution is 2.19. The first-order valence-corrected chi connectivity index (χ1v) is 12.4. The molecule has 2 amide bonds. The van der Waals surface area contributed by atoms with E-state index in [0.29, 0.717) is 11.1 Å². The molecule has 4 aromatic rings. The number of carboxylic acids is 1. The summed E-state index contributed by atoms with van der Waals surface area (Å²) >= 11 is 0. The number of carbonyl (C=O) groups is 3. The van der Waals surface area contributed by atoms with E-state index in [1.807, 2.05) is 24.3 Å². The monoisotopic (exact) mass is 530 g/mol. The molecule has 1 heterocycles. The lowest BCUT2D eigenvalue weighted by atomic mass is 10.0. The van der Waals surface area contributed by atoms with Crippen LogP contribution in [0.2, 0.25) is 0 Å². The van der Waals surface area contributed by atoms with E-state index in [1.165, 1.54) is 24.3 Å². The summed E-state index contributed by atoms with van der Waals surface area (Å²) in [7, 11) is 0. The first-order valence-electron chi connectivity index (χ1n) is 12.4. The molecule has 4 rings (SSSR count). The van der Waals surface area contributed by atoms with Crippen LogP contribution in [0.25, 0.3) is 10.9 Å². The highest BCUT2D eigenvalue weighted by Gasteiger charge is 2.29. The number of benzene rings is 3. The van der Waals surface area contributed by atoms with Crippen molar-refractivity contribution in [1.82, 2.24) is 15.6 Å². The van der Waals surface area contributed by atoms with E-state index in [9.17, 15) is 29.7 Å². The summed E-state index contributed by atoms with van der Waals surface area (Å²) < 4.78 is 0. The summed E-state index contributed by atoms with van der Waals surface area (Å²) in [4.78, 5) is 41.5. The second-order valence-electron chi connectivity index (χ2n) is 9.37. The topological polar surface area (TPSA) is 178 Å². The van der Waals surface area contributed by atoms with Crippen molar-refractivity contribution < 1.29 is 29.7 Å². The Morgan fingerprint density at radius 1 is 0.744 bits per heavy atom. The van der Waals surface area contributed by atoms with Crippen molar-refractivity contribution in [3.05, 3.63) is 95.7 Å². The van der Waals surface area contributed by atoms with Crippen molar-refractivity contribution in [2.45, 2.75) is 37.4 Å². The molecule has 0 saturated carbocycles. The van der Waals surface area contributed by atoms with E-state index in [2.05, 4.69) is 15.6 Å². The molecule has 3 aromatic carbocycles. The lowest BCUT2D eigenvalue weighted by Crippen LogP contribution is -2.55. The third-order valence-corrected chi connectivity index (χ3v) is 6.45. The van der Waals surface area contributed by atoms with E-state index in [1.54, 1.807) is 30.5 Å². The Morgan fingerprint density at radius 2 is 1.28 bits per heavy atom. The Bertz CT molecular complexity index is 1450. The van der Waals surface area contributed by atoms with Gasteiger partial charge < -0.3 is 36.7 Å². The highest BCUT2D eigenvalue weighted by atomic mass is 16.4. The largest absolute Gasteiger partial charge is 0.508 e. The minimum Gasteiger partial charge on any atom is -0.508 e. The molecular weight excluding hydrogens is 500 g/mol. The highest BCUT2D eigenvalue weighted by molar-refractivity contribution is 5.92. The number of para-hydroxylation sites is 1. The van der Waals surface area contributed by atoms with Crippen LogP contribution in [0.5, 0.6) is 11.5 Å². The van der Waals surface area contributed by atoms with Gasteiger partial charge in [0.1, 0.15) is 23.6 Å². The maximum atomic E-state index is 13.3. The van der Waals surface area contributed by atoms with Crippen molar-refractivity contribution in [2.24, 2.45) is 5.73 Å². The molecule has 0 bridgehead atoms. The molecule has 0 spiro atoms. The molecule has 0 radical (unpaired) electrons. The molecule has 3 atom stereocenters. The van der Waals surface area contributed by atoms with Gasteiger partial charge in [-0.25, -0.2) is 4.79 Å². The molecule has 0 aliphatic rings. The fourth-order valence-electron chi connectivity index (χ4n) is 4.33. The number of aliphatic carboxylic acids is 1. The summed E-state index contributed by atoms with van der Waals surface area (Å²) in [5.74, 6) is -2.42. The van der Waals surface area contributed by atoms with E-state index >= 15 is 0 Å². The molecule has 10 heteroatoms. The van der Waals surface area contributed by atoms with Crippen LogP contribution < -0.4 is 16.4 Å². The minimum atomic E-state index is -1.28. The number of aromatic nitrogens is 1. The number of hydrogen-bond acceptors (Lipinski definition) is 6. The van der Waals surface area contributed by atoms with Crippen molar-refractivity contribution in [3.8, 4) is 11.5 Å². The third-order valence-electron chi connectivity index (χ3n) is 6.45. The molecule has 8 N–H and O–H groups in total. The number of carboxylic acid groups (broad SMARTS) is 1. The number of nitrogens with one attached hydrogen (secondary N) is 3. The van der Waals surface area contributed by atoms with Crippen molar-refractivity contribution in [2.75, 3.05) is 0 Å². The quantitative estimate of drug-likeness (QED) is 0.155. The van der Waals surface area contributed by atoms with E-state index < -0.39 is 35.9 Å². The van der Waals surface area contributed by atoms with Gasteiger partial charge in [0.15, 0.2) is 0 Å². The first kappa shape index (κ1) is 27.2. The summed E-state index contributed by atoms with van der Waals surface area (Å²) in [6, 6.07) is 16.4. The average molecular weight is 531 g/mol. The van der Waals surface area contributed by atoms with Gasteiger partial charge in [0.25, 0.3) is 0 Å². The molecular formula is C29H30N4O6. The molecule has 0 aliphatic heterocycles. The normalized spacial score (nSPS) is 13.4. The van der Waals surface area contributed by atoms with Gasteiger partial charge in [0.05, 0.1) is 6.04 Å². The van der Waals surface area contributed by atoms with Crippen LogP contribution in [0.4, 0.5) is 0 Å². The Balaban J connectivity index is 1.49. The Kier molecular flexibility index (Phi) is 8.47. The summed E-state index contributed by atoms with van der Waals surface area (Å²) in [6.07, 6.45) is 2.03. The number of amides is 2. The van der Waals surface area contributed by atoms with Gasteiger partial charge in [0, 0.05) is 29.9 Å². The SMILES string of the molecule is N[C@@H](Cc1c[nH]c2ccccc12)C(=O)N[C@@H](Cc1ccc(O)cc1)C(=O)N[C@@H](Cc1ccc(O)cc1)C(=O)O. The first-order chi connectivity index (χ1) is 18.7. The number of rotatable bonds is 11. The number of hydrogen-bond donors (Lipinski definition) is 7. The Labute approximate surface area is 224 Å². The van der Waals surface area contributed by atoms with Gasteiger partial charge in [0.2, 0.25) is 11.8 Å². The van der Waals surface area contributed by atoms with Gasteiger partial charge in [-0.1, -0.05) is 42.5 Å². The van der Waals surface area contributed by atoms with Crippen LogP contribution in [0.3, 0.4) is 0 Å². The molecule has 0 saturated heterocycles. The lowest BCUT2D eigenvalue weighted by molar-refractivity contribution is -0.142. The van der Waals surface area contributed by atoms with Gasteiger partial charge in [-0.15, -0.1) is 0 Å². The van der Waals surface area contributed by atoms with Crippen molar-refractivity contribution >= 4 is 28.7 Å². The minimum absolute atomic E-state index is 0.0265. The van der Waals surface area contributed by atoms with Crippen LogP contribution in [0, 0.1) is 0 Å². The van der Waals surface area contributed by atoms with Crippen molar-refractivity contribution in [3.63, 3.8) is 0 Å². The smallest absolute Gasteiger partial charge is 0.326 e. The number of aromatic hydroxyl groups is 2. The molecule has 0 unspecified atom stereocenters. The summed E-state index contributed by atoms with van der Waals surface area (Å²) in [5, 5.41) is 35.0. The number of fused-ring (bicyclic) bond motifs is 1. The van der Waals surface area contributed by atoms with Crippen LogP contribution in [0.15, 0.2) is 79.0 Å². The molecule has 0 fully saturated rings. The van der Waals surface area contributed by atoms with Gasteiger partial charge in [-0.3, -0.25) is 9.59 Å². The Hall–Kier alpha value is -4.83. The van der Waals surface area contributed by atoms with Crippen molar-refractivity contribution in [1.29, 1.82) is 0 Å². The van der Waals surface area contributed by atoms with Crippen LogP contribution in [-0.2, 0) is 33.6 Å². The fourth-order valence-corrected chi connectivity index (χ4v) is 4.33. The number of carbonyl (C=O) groups excluding carboxylic acids is 2. The Morgan fingerprint density at radius 3 is 1.87 bits per heavy atom. The number of phenols is 2. The summed E-state index contributed by atoms with van der Waals surface area (Å²) in [6.45, 7) is 0. The molecule has 0 aliphatic carbocycles.